The minimum Gasteiger partial charge on any atom is -0.121 e. The molecule has 7 heavy (non-hydrogen) atoms. The average molecular weight is 227 g/mol. The summed E-state index contributed by atoms with van der Waals surface area (Å²) in [6, 6.07) is 1.41. The predicted molar refractivity (Wildman–Crippen MR) is 45.4 cm³/mol. The normalized spacial score (nSPS) is 11.1. The smallest absolute Gasteiger partial charge is 0.121 e. The SMILES string of the molecule is CC[Si](I)C(C)C. The van der Waals surface area contributed by atoms with Crippen molar-refractivity contribution in [3.63, 3.8) is 0 Å². The molecule has 0 rings (SSSR count). The van der Waals surface area contributed by atoms with Crippen LogP contribution in [0.2, 0.25) is 11.6 Å². The molecule has 0 amide bonds. The third-order valence-corrected chi connectivity index (χ3v) is 8.92. The molecule has 43 valence electrons. The molecule has 0 atom stereocenters. The molecule has 0 aromatic carbocycles. The molecular formula is C5H12ISi. The molecule has 0 aliphatic rings. The fourth-order valence-electron chi connectivity index (χ4n) is 0.408. The van der Waals surface area contributed by atoms with E-state index in [2.05, 4.69) is 42.6 Å². The topological polar surface area (TPSA) is 0 Å². The highest BCUT2D eigenvalue weighted by Crippen LogP contribution is 2.16. The quantitative estimate of drug-likeness (QED) is 0.386. The van der Waals surface area contributed by atoms with Crippen LogP contribution < -0.4 is 0 Å². The molecule has 0 saturated heterocycles. The maximum absolute atomic E-state index is 2.60. The van der Waals surface area contributed by atoms with Gasteiger partial charge in [0.25, 0.3) is 0 Å². The monoisotopic (exact) mass is 227 g/mol. The summed E-state index contributed by atoms with van der Waals surface area (Å²) in [5.41, 5.74) is 0.954. The molecule has 1 radical (unpaired) electrons. The Hall–Kier alpha value is 0.947. The second-order valence-electron chi connectivity index (χ2n) is 1.96. The highest BCUT2D eigenvalue weighted by atomic mass is 127. The molecule has 0 unspecified atom stereocenters. The Morgan fingerprint density at radius 2 is 2.00 bits per heavy atom. The van der Waals surface area contributed by atoms with Crippen LogP contribution in [0.3, 0.4) is 0 Å². The Balaban J connectivity index is 3.14. The van der Waals surface area contributed by atoms with Gasteiger partial charge >= 0.3 is 0 Å². The van der Waals surface area contributed by atoms with E-state index in [0.717, 1.165) is 5.54 Å². The zero-order valence-electron chi connectivity index (χ0n) is 5.16. The highest BCUT2D eigenvalue weighted by molar-refractivity contribution is 14.1. The van der Waals surface area contributed by atoms with Gasteiger partial charge in [0.1, 0.15) is 6.29 Å². The van der Waals surface area contributed by atoms with E-state index in [0.29, 0.717) is 0 Å². The number of rotatable bonds is 2. The summed E-state index contributed by atoms with van der Waals surface area (Å²) in [4.78, 5) is 0. The van der Waals surface area contributed by atoms with Crippen molar-refractivity contribution in [2.24, 2.45) is 0 Å². The Morgan fingerprint density at radius 1 is 1.57 bits per heavy atom. The Labute approximate surface area is 60.5 Å². The minimum absolute atomic E-state index is 0.0240. The molecule has 0 aromatic heterocycles. The molecule has 0 nitrogen and oxygen atoms in total. The van der Waals surface area contributed by atoms with Crippen LogP contribution >= 0.6 is 21.8 Å². The highest BCUT2D eigenvalue weighted by Gasteiger charge is 2.06. The summed E-state index contributed by atoms with van der Waals surface area (Å²) in [6.07, 6.45) is 0.0240. The molecule has 0 heterocycles. The summed E-state index contributed by atoms with van der Waals surface area (Å²) >= 11 is 2.60. The molecule has 0 aliphatic carbocycles. The number of halogens is 1. The Kier molecular flexibility index (Phi) is 4.42. The molecule has 2 heteroatoms. The lowest BCUT2D eigenvalue weighted by Crippen LogP contribution is -2.03. The van der Waals surface area contributed by atoms with Crippen LogP contribution in [-0.2, 0) is 0 Å². The summed E-state index contributed by atoms with van der Waals surface area (Å²) in [5.74, 6) is 0. The van der Waals surface area contributed by atoms with Crippen molar-refractivity contribution in [3.8, 4) is 0 Å². The van der Waals surface area contributed by atoms with Gasteiger partial charge in [0.15, 0.2) is 0 Å². The number of hydrogen-bond acceptors (Lipinski definition) is 0. The lowest BCUT2D eigenvalue weighted by atomic mass is 10.6. The van der Waals surface area contributed by atoms with Crippen LogP contribution in [0.4, 0.5) is 0 Å². The van der Waals surface area contributed by atoms with E-state index in [1.807, 2.05) is 0 Å². The summed E-state index contributed by atoms with van der Waals surface area (Å²) in [5, 5.41) is 0. The number of hydrogen-bond donors (Lipinski definition) is 0. The molecule has 0 N–H and O–H groups in total. The van der Waals surface area contributed by atoms with E-state index >= 15 is 0 Å². The second kappa shape index (κ2) is 3.89. The Morgan fingerprint density at radius 3 is 2.00 bits per heavy atom. The van der Waals surface area contributed by atoms with Crippen LogP contribution in [0.1, 0.15) is 20.8 Å². The van der Waals surface area contributed by atoms with E-state index in [4.69, 9.17) is 0 Å². The Bertz CT molecular complexity index is 45.3. The molecule has 0 bridgehead atoms. The van der Waals surface area contributed by atoms with Crippen LogP contribution in [0.25, 0.3) is 0 Å². The van der Waals surface area contributed by atoms with Gasteiger partial charge in [-0.25, -0.2) is 0 Å². The van der Waals surface area contributed by atoms with Crippen molar-refractivity contribution in [2.45, 2.75) is 32.4 Å². The second-order valence-corrected chi connectivity index (χ2v) is 8.87. The van der Waals surface area contributed by atoms with Gasteiger partial charge in [-0.2, -0.15) is 0 Å². The van der Waals surface area contributed by atoms with Crippen molar-refractivity contribution in [3.05, 3.63) is 0 Å². The van der Waals surface area contributed by atoms with Crippen molar-refractivity contribution < 1.29 is 0 Å². The zero-order chi connectivity index (χ0) is 5.86. The van der Waals surface area contributed by atoms with Crippen molar-refractivity contribution >= 4 is 28.1 Å². The molecule has 0 fully saturated rings. The van der Waals surface area contributed by atoms with Gasteiger partial charge in [-0.3, -0.25) is 0 Å². The van der Waals surface area contributed by atoms with Crippen molar-refractivity contribution in [2.75, 3.05) is 0 Å². The summed E-state index contributed by atoms with van der Waals surface area (Å²) < 4.78 is 0. The fraction of sp³-hybridized carbons (Fsp3) is 1.00. The lowest BCUT2D eigenvalue weighted by molar-refractivity contribution is 1.04. The molecule has 0 aromatic rings. The van der Waals surface area contributed by atoms with Gasteiger partial charge in [-0.05, 0) is 5.54 Å². The first-order valence-electron chi connectivity index (χ1n) is 2.69. The third kappa shape index (κ3) is 3.52. The third-order valence-electron chi connectivity index (χ3n) is 0.964. The zero-order valence-corrected chi connectivity index (χ0v) is 8.32. The van der Waals surface area contributed by atoms with Gasteiger partial charge in [0.2, 0.25) is 0 Å². The summed E-state index contributed by atoms with van der Waals surface area (Å²) in [7, 11) is 0. The van der Waals surface area contributed by atoms with E-state index in [1.165, 1.54) is 6.04 Å². The van der Waals surface area contributed by atoms with E-state index in [1.54, 1.807) is 0 Å². The molecular weight excluding hydrogens is 215 g/mol. The van der Waals surface area contributed by atoms with E-state index < -0.39 is 0 Å². The molecule has 0 aliphatic heterocycles. The van der Waals surface area contributed by atoms with Gasteiger partial charge in [-0.1, -0.05) is 26.8 Å². The largest absolute Gasteiger partial charge is 0.132 e. The van der Waals surface area contributed by atoms with Gasteiger partial charge in [0.05, 0.1) is 0 Å². The first-order valence-corrected chi connectivity index (χ1v) is 7.59. The van der Waals surface area contributed by atoms with Gasteiger partial charge in [0, 0.05) is 0 Å². The maximum Gasteiger partial charge on any atom is 0.132 e. The first kappa shape index (κ1) is 7.95. The molecule has 0 saturated carbocycles. The lowest BCUT2D eigenvalue weighted by Gasteiger charge is -2.05. The van der Waals surface area contributed by atoms with Crippen LogP contribution in [0.15, 0.2) is 0 Å². The molecule has 0 spiro atoms. The van der Waals surface area contributed by atoms with Crippen molar-refractivity contribution in [1.82, 2.24) is 0 Å². The van der Waals surface area contributed by atoms with E-state index in [-0.39, 0.29) is 6.29 Å². The van der Waals surface area contributed by atoms with Crippen LogP contribution in [0, 0.1) is 0 Å². The average Bonchev–Trinajstić information content (AvgIpc) is 1.65. The standard InChI is InChI=1S/C5H12ISi/c1-4-7(6)5(2)3/h5H,4H2,1-3H3. The van der Waals surface area contributed by atoms with Gasteiger partial charge < -0.3 is 0 Å². The summed E-state index contributed by atoms with van der Waals surface area (Å²) in [6.45, 7) is 6.90. The van der Waals surface area contributed by atoms with Crippen LogP contribution in [-0.4, -0.2) is 6.29 Å². The predicted octanol–water partition coefficient (Wildman–Crippen LogP) is 2.84. The van der Waals surface area contributed by atoms with Crippen LogP contribution in [0.5, 0.6) is 0 Å². The fourth-order valence-corrected chi connectivity index (χ4v) is 1.22. The van der Waals surface area contributed by atoms with Gasteiger partial charge in [-0.15, -0.1) is 21.8 Å². The maximum atomic E-state index is 2.60. The minimum atomic E-state index is 0.0240. The first-order chi connectivity index (χ1) is 3.18. The van der Waals surface area contributed by atoms with E-state index in [9.17, 15) is 0 Å². The van der Waals surface area contributed by atoms with Crippen molar-refractivity contribution in [1.29, 1.82) is 0 Å².